The third kappa shape index (κ3) is 2.93. The number of amides is 1. The highest BCUT2D eigenvalue weighted by Crippen LogP contribution is 2.42. The molecule has 3 aromatic carbocycles. The first-order valence-electron chi connectivity index (χ1n) is 9.50. The monoisotopic (exact) mass is 417 g/mol. The molecule has 1 aliphatic rings. The first-order valence-corrected chi connectivity index (χ1v) is 9.50. The van der Waals surface area contributed by atoms with Crippen LogP contribution in [-0.2, 0) is 0 Å². The standard InChI is InChI=1S/C24H16FNO5/c1-30-17-8-6-15(7-9-17)26-21(13-3-2-4-16(27)11-13)20-22(28)18-12-14(25)5-10-19(18)31-23(20)24(26)29/h2-12,21,27H,1H3. The first-order chi connectivity index (χ1) is 15.0. The van der Waals surface area contributed by atoms with Crippen LogP contribution >= 0.6 is 0 Å². The lowest BCUT2D eigenvalue weighted by molar-refractivity contribution is 0.0971. The highest BCUT2D eigenvalue weighted by molar-refractivity contribution is 6.10. The zero-order chi connectivity index (χ0) is 21.7. The number of aromatic hydroxyl groups is 1. The van der Waals surface area contributed by atoms with E-state index in [1.807, 2.05) is 0 Å². The topological polar surface area (TPSA) is 80.0 Å². The molecule has 0 saturated carbocycles. The molecule has 0 bridgehead atoms. The summed E-state index contributed by atoms with van der Waals surface area (Å²) in [6.07, 6.45) is 0. The highest BCUT2D eigenvalue weighted by atomic mass is 19.1. The van der Waals surface area contributed by atoms with Crippen molar-refractivity contribution in [3.63, 3.8) is 0 Å². The average Bonchev–Trinajstić information content (AvgIpc) is 3.07. The van der Waals surface area contributed by atoms with Crippen molar-refractivity contribution in [1.29, 1.82) is 0 Å². The number of fused-ring (bicyclic) bond motifs is 2. The predicted molar refractivity (Wildman–Crippen MR) is 112 cm³/mol. The summed E-state index contributed by atoms with van der Waals surface area (Å²) in [6, 6.07) is 15.9. The largest absolute Gasteiger partial charge is 0.508 e. The fourth-order valence-corrected chi connectivity index (χ4v) is 3.96. The number of phenolic OH excluding ortho intramolecular Hbond substituents is 1. The number of rotatable bonds is 3. The van der Waals surface area contributed by atoms with Gasteiger partial charge in [-0.2, -0.15) is 0 Å². The number of carbonyl (C=O) groups excluding carboxylic acids is 1. The van der Waals surface area contributed by atoms with Crippen LogP contribution in [0.3, 0.4) is 0 Å². The van der Waals surface area contributed by atoms with Crippen molar-refractivity contribution in [2.24, 2.45) is 0 Å². The van der Waals surface area contributed by atoms with Crippen LogP contribution < -0.4 is 15.1 Å². The molecule has 154 valence electrons. The number of halogens is 1. The van der Waals surface area contributed by atoms with E-state index in [0.717, 1.165) is 6.07 Å². The number of methoxy groups -OCH3 is 1. The lowest BCUT2D eigenvalue weighted by Gasteiger charge is -2.25. The Morgan fingerprint density at radius 3 is 2.52 bits per heavy atom. The van der Waals surface area contributed by atoms with Crippen molar-refractivity contribution >= 4 is 22.6 Å². The average molecular weight is 417 g/mol. The van der Waals surface area contributed by atoms with Crippen LogP contribution in [0.1, 0.15) is 27.7 Å². The van der Waals surface area contributed by atoms with Gasteiger partial charge in [0.2, 0.25) is 5.76 Å². The molecular weight excluding hydrogens is 401 g/mol. The summed E-state index contributed by atoms with van der Waals surface area (Å²) in [7, 11) is 1.54. The third-order valence-electron chi connectivity index (χ3n) is 5.37. The lowest BCUT2D eigenvalue weighted by Crippen LogP contribution is -2.29. The van der Waals surface area contributed by atoms with E-state index in [2.05, 4.69) is 0 Å². The molecule has 1 aromatic heterocycles. The van der Waals surface area contributed by atoms with Crippen molar-refractivity contribution < 1.29 is 23.4 Å². The SMILES string of the molecule is COc1ccc(N2C(=O)c3oc4ccc(F)cc4c(=O)c3C2c2cccc(O)c2)cc1. The van der Waals surface area contributed by atoms with Crippen LogP contribution in [0.15, 0.2) is 75.9 Å². The summed E-state index contributed by atoms with van der Waals surface area (Å²) < 4.78 is 24.8. The number of phenols is 1. The summed E-state index contributed by atoms with van der Waals surface area (Å²) in [5.74, 6) is -0.586. The van der Waals surface area contributed by atoms with Gasteiger partial charge in [0.05, 0.1) is 24.1 Å². The maximum Gasteiger partial charge on any atom is 0.295 e. The molecule has 6 nitrogen and oxygen atoms in total. The molecule has 7 heteroatoms. The molecule has 0 fully saturated rings. The molecule has 4 aromatic rings. The first kappa shape index (κ1) is 18.9. The van der Waals surface area contributed by atoms with Crippen LogP contribution in [0, 0.1) is 5.82 Å². The zero-order valence-electron chi connectivity index (χ0n) is 16.3. The number of benzene rings is 3. The minimum Gasteiger partial charge on any atom is -0.508 e. The summed E-state index contributed by atoms with van der Waals surface area (Å²) in [6.45, 7) is 0. The summed E-state index contributed by atoms with van der Waals surface area (Å²) in [4.78, 5) is 28.2. The molecule has 5 rings (SSSR count). The number of hydrogen-bond donors (Lipinski definition) is 1. The van der Waals surface area contributed by atoms with Crippen LogP contribution in [0.5, 0.6) is 11.5 Å². The van der Waals surface area contributed by atoms with Crippen LogP contribution in [0.4, 0.5) is 10.1 Å². The lowest BCUT2D eigenvalue weighted by atomic mass is 9.98. The molecule has 1 atom stereocenters. The van der Waals surface area contributed by atoms with Gasteiger partial charge in [-0.3, -0.25) is 14.5 Å². The molecule has 0 saturated heterocycles. The van der Waals surface area contributed by atoms with Crippen LogP contribution in [-0.4, -0.2) is 18.1 Å². The van der Waals surface area contributed by atoms with Crippen molar-refractivity contribution in [3.05, 3.63) is 99.7 Å². The summed E-state index contributed by atoms with van der Waals surface area (Å²) >= 11 is 0. The Bertz CT molecular complexity index is 1390. The van der Waals surface area contributed by atoms with Gasteiger partial charge in [-0.1, -0.05) is 12.1 Å². The molecular formula is C24H16FNO5. The minimum absolute atomic E-state index is 0.00991. The Kier molecular flexibility index (Phi) is 4.25. The van der Waals surface area contributed by atoms with Crippen molar-refractivity contribution in [3.8, 4) is 11.5 Å². The fraction of sp³-hybridized carbons (Fsp3) is 0.0833. The maximum atomic E-state index is 13.8. The molecule has 0 radical (unpaired) electrons. The van der Waals surface area contributed by atoms with E-state index in [-0.39, 0.29) is 28.0 Å². The molecule has 0 spiro atoms. The van der Waals surface area contributed by atoms with Crippen molar-refractivity contribution in [2.75, 3.05) is 12.0 Å². The molecule has 2 heterocycles. The van der Waals surface area contributed by atoms with Gasteiger partial charge < -0.3 is 14.3 Å². The van der Waals surface area contributed by atoms with Gasteiger partial charge >= 0.3 is 0 Å². The third-order valence-corrected chi connectivity index (χ3v) is 5.37. The Hall–Kier alpha value is -4.13. The summed E-state index contributed by atoms with van der Waals surface area (Å²) in [5, 5.41) is 10.1. The molecule has 1 unspecified atom stereocenters. The Labute approximate surface area is 175 Å². The van der Waals surface area contributed by atoms with Gasteiger partial charge in [0.15, 0.2) is 5.43 Å². The van der Waals surface area contributed by atoms with Crippen LogP contribution in [0.2, 0.25) is 0 Å². The van der Waals surface area contributed by atoms with Gasteiger partial charge in [0.1, 0.15) is 22.9 Å². The van der Waals surface area contributed by atoms with E-state index in [1.54, 1.807) is 36.4 Å². The smallest absolute Gasteiger partial charge is 0.295 e. The number of hydrogen-bond acceptors (Lipinski definition) is 5. The zero-order valence-corrected chi connectivity index (χ0v) is 16.3. The molecule has 1 aliphatic heterocycles. The number of nitrogens with zero attached hydrogens (tertiary/aromatic N) is 1. The van der Waals surface area contributed by atoms with E-state index in [4.69, 9.17) is 9.15 Å². The second kappa shape index (κ2) is 6.98. The number of carbonyl (C=O) groups is 1. The Morgan fingerprint density at radius 2 is 1.81 bits per heavy atom. The fourth-order valence-electron chi connectivity index (χ4n) is 3.96. The van der Waals surface area contributed by atoms with E-state index in [9.17, 15) is 19.1 Å². The summed E-state index contributed by atoms with van der Waals surface area (Å²) in [5.41, 5.74) is 0.772. The molecule has 1 N–H and O–H groups in total. The highest BCUT2D eigenvalue weighted by Gasteiger charge is 2.43. The Morgan fingerprint density at radius 1 is 1.03 bits per heavy atom. The molecule has 1 amide bonds. The normalized spacial score (nSPS) is 15.4. The van der Waals surface area contributed by atoms with Gasteiger partial charge in [0.25, 0.3) is 5.91 Å². The van der Waals surface area contributed by atoms with E-state index in [0.29, 0.717) is 17.0 Å². The van der Waals surface area contributed by atoms with Gasteiger partial charge in [0, 0.05) is 5.69 Å². The quantitative estimate of drug-likeness (QED) is 0.535. The maximum absolute atomic E-state index is 13.8. The van der Waals surface area contributed by atoms with E-state index in [1.165, 1.54) is 36.3 Å². The Balaban J connectivity index is 1.80. The van der Waals surface area contributed by atoms with Gasteiger partial charge in [-0.05, 0) is 60.2 Å². The van der Waals surface area contributed by atoms with Gasteiger partial charge in [-0.25, -0.2) is 4.39 Å². The number of ether oxygens (including phenoxy) is 1. The molecule has 0 aliphatic carbocycles. The second-order valence-corrected chi connectivity index (χ2v) is 7.19. The van der Waals surface area contributed by atoms with E-state index >= 15 is 0 Å². The molecule has 31 heavy (non-hydrogen) atoms. The van der Waals surface area contributed by atoms with Gasteiger partial charge in [-0.15, -0.1) is 0 Å². The minimum atomic E-state index is -0.855. The second-order valence-electron chi connectivity index (χ2n) is 7.19. The van der Waals surface area contributed by atoms with E-state index < -0.39 is 23.2 Å². The number of anilines is 1. The van der Waals surface area contributed by atoms with Crippen molar-refractivity contribution in [1.82, 2.24) is 0 Å². The predicted octanol–water partition coefficient (Wildman–Crippen LogP) is 4.40. The van der Waals surface area contributed by atoms with Crippen molar-refractivity contribution in [2.45, 2.75) is 6.04 Å². The van der Waals surface area contributed by atoms with Crippen LogP contribution in [0.25, 0.3) is 11.0 Å².